The van der Waals surface area contributed by atoms with Crippen LogP contribution in [0.15, 0.2) is 48.7 Å². The van der Waals surface area contributed by atoms with E-state index in [1.807, 2.05) is 67.8 Å². The molecule has 1 N–H and O–H groups in total. The van der Waals surface area contributed by atoms with Crippen molar-refractivity contribution in [1.82, 2.24) is 14.6 Å². The lowest BCUT2D eigenvalue weighted by Gasteiger charge is -2.20. The van der Waals surface area contributed by atoms with Crippen LogP contribution in [0.5, 0.6) is 0 Å². The number of ketones is 1. The van der Waals surface area contributed by atoms with Crippen LogP contribution in [0.25, 0.3) is 16.6 Å². The summed E-state index contributed by atoms with van der Waals surface area (Å²) in [7, 11) is 0. The van der Waals surface area contributed by atoms with Crippen LogP contribution in [0.4, 0.5) is 4.79 Å². The molecule has 0 fully saturated rings. The minimum atomic E-state index is -0.545. The molecule has 1 aliphatic rings. The van der Waals surface area contributed by atoms with Crippen LogP contribution < -0.4 is 5.32 Å². The number of alkyl carbamates (subject to hydrolysis) is 1. The van der Waals surface area contributed by atoms with Gasteiger partial charge in [0.1, 0.15) is 11.3 Å². The number of benzene rings is 1. The quantitative estimate of drug-likeness (QED) is 0.440. The van der Waals surface area contributed by atoms with Crippen molar-refractivity contribution in [2.75, 3.05) is 13.1 Å². The maximum absolute atomic E-state index is 13.3. The number of amides is 2. The largest absolute Gasteiger partial charge is 0.444 e. The highest BCUT2D eigenvalue weighted by atomic mass is 16.6. The maximum atomic E-state index is 13.3. The predicted octanol–water partition coefficient (Wildman–Crippen LogP) is 4.68. The Hall–Kier alpha value is -3.61. The average molecular weight is 448 g/mol. The molecule has 172 valence electrons. The molecule has 0 aliphatic carbocycles. The van der Waals surface area contributed by atoms with Crippen molar-refractivity contribution in [3.05, 3.63) is 65.5 Å². The number of carbonyl (C=O) groups is 3. The first kappa shape index (κ1) is 22.6. The van der Waals surface area contributed by atoms with Crippen molar-refractivity contribution in [2.45, 2.75) is 46.3 Å². The van der Waals surface area contributed by atoms with Crippen LogP contribution in [0.1, 0.15) is 60.5 Å². The monoisotopic (exact) mass is 447 g/mol. The van der Waals surface area contributed by atoms with Gasteiger partial charge in [0, 0.05) is 42.5 Å². The fourth-order valence-corrected chi connectivity index (χ4v) is 4.21. The Morgan fingerprint density at radius 3 is 2.52 bits per heavy atom. The molecule has 1 aliphatic heterocycles. The van der Waals surface area contributed by atoms with E-state index in [1.165, 1.54) is 0 Å². The molecule has 0 atom stereocenters. The van der Waals surface area contributed by atoms with Gasteiger partial charge in [0.25, 0.3) is 5.91 Å². The second-order valence-electron chi connectivity index (χ2n) is 9.30. The zero-order valence-corrected chi connectivity index (χ0v) is 19.5. The van der Waals surface area contributed by atoms with Crippen molar-refractivity contribution in [3.63, 3.8) is 0 Å². The summed E-state index contributed by atoms with van der Waals surface area (Å²) in [6.07, 6.45) is 1.97. The first-order valence-electron chi connectivity index (χ1n) is 11.1. The Labute approximate surface area is 193 Å². The van der Waals surface area contributed by atoms with Crippen LogP contribution >= 0.6 is 0 Å². The molecule has 3 heterocycles. The number of pyridine rings is 1. The van der Waals surface area contributed by atoms with Crippen molar-refractivity contribution in [1.29, 1.82) is 0 Å². The van der Waals surface area contributed by atoms with Crippen LogP contribution in [0.2, 0.25) is 0 Å². The van der Waals surface area contributed by atoms with Gasteiger partial charge >= 0.3 is 6.09 Å². The van der Waals surface area contributed by atoms with Gasteiger partial charge in [0.15, 0.2) is 5.78 Å². The van der Waals surface area contributed by atoms with Gasteiger partial charge in [-0.3, -0.25) is 9.59 Å². The zero-order chi connectivity index (χ0) is 23.8. The van der Waals surface area contributed by atoms with Gasteiger partial charge in [-0.05, 0) is 51.8 Å². The van der Waals surface area contributed by atoms with Crippen molar-refractivity contribution < 1.29 is 19.1 Å². The van der Waals surface area contributed by atoms with Gasteiger partial charge in [-0.2, -0.15) is 0 Å². The molecule has 2 aromatic heterocycles. The number of Topliss-reactive ketones (excluding diaryl/α,β-unsaturated/α-hetero) is 1. The van der Waals surface area contributed by atoms with E-state index in [0.717, 1.165) is 22.2 Å². The highest BCUT2D eigenvalue weighted by Crippen LogP contribution is 2.38. The summed E-state index contributed by atoms with van der Waals surface area (Å²) in [4.78, 5) is 38.9. The third-order valence-corrected chi connectivity index (χ3v) is 5.62. The summed E-state index contributed by atoms with van der Waals surface area (Å²) >= 11 is 0. The summed E-state index contributed by atoms with van der Waals surface area (Å²) in [5.74, 6) is -0.0571. The second kappa shape index (κ2) is 8.73. The summed E-state index contributed by atoms with van der Waals surface area (Å²) in [6.45, 7) is 8.43. The summed E-state index contributed by atoms with van der Waals surface area (Å²) in [5.41, 5.74) is 4.53. The molecular weight excluding hydrogens is 418 g/mol. The fraction of sp³-hybridized carbons (Fsp3) is 0.346. The number of hydrogen-bond acceptors (Lipinski definition) is 4. The fourth-order valence-electron chi connectivity index (χ4n) is 4.21. The van der Waals surface area contributed by atoms with E-state index in [4.69, 9.17) is 4.74 Å². The molecule has 4 rings (SSSR count). The number of carbonyl (C=O) groups excluding carboxylic acids is 3. The van der Waals surface area contributed by atoms with Crippen LogP contribution in [-0.2, 0) is 11.3 Å². The maximum Gasteiger partial charge on any atom is 0.407 e. The standard InChI is InChI=1S/C26H29N3O4/c1-17(30)19-11-14-29-21(15-19)22(18-9-6-5-7-10-18)20-16-28(24(31)23(20)29)13-8-12-27-25(32)33-26(2,3)4/h5-7,9-11,14-15H,8,12-13,16H2,1-4H3,(H,27,32). The molecule has 3 aromatic rings. The van der Waals surface area contributed by atoms with Gasteiger partial charge in [0.2, 0.25) is 0 Å². The van der Waals surface area contributed by atoms with E-state index in [9.17, 15) is 14.4 Å². The first-order chi connectivity index (χ1) is 15.7. The number of nitrogens with one attached hydrogen (secondary N) is 1. The van der Waals surface area contributed by atoms with Crippen LogP contribution in [-0.4, -0.2) is 45.8 Å². The van der Waals surface area contributed by atoms with E-state index in [-0.39, 0.29) is 11.7 Å². The van der Waals surface area contributed by atoms with E-state index in [0.29, 0.717) is 37.3 Å². The molecule has 7 nitrogen and oxygen atoms in total. The molecule has 33 heavy (non-hydrogen) atoms. The topological polar surface area (TPSA) is 80.1 Å². The molecule has 0 unspecified atom stereocenters. The molecule has 0 radical (unpaired) electrons. The average Bonchev–Trinajstić information content (AvgIpc) is 3.24. The molecular formula is C26H29N3O4. The Morgan fingerprint density at radius 2 is 1.85 bits per heavy atom. The number of rotatable bonds is 6. The number of hydrogen-bond donors (Lipinski definition) is 1. The third-order valence-electron chi connectivity index (χ3n) is 5.62. The second-order valence-corrected chi connectivity index (χ2v) is 9.30. The summed E-state index contributed by atoms with van der Waals surface area (Å²) in [6, 6.07) is 13.6. The van der Waals surface area contributed by atoms with Crippen LogP contribution in [0, 0.1) is 0 Å². The molecule has 1 aromatic carbocycles. The van der Waals surface area contributed by atoms with Gasteiger partial charge < -0.3 is 19.4 Å². The Balaban J connectivity index is 1.57. The van der Waals surface area contributed by atoms with Gasteiger partial charge in [-0.1, -0.05) is 30.3 Å². The minimum absolute atomic E-state index is 0.0108. The van der Waals surface area contributed by atoms with Gasteiger partial charge in [0.05, 0.1) is 5.52 Å². The number of fused-ring (bicyclic) bond motifs is 3. The highest BCUT2D eigenvalue weighted by molar-refractivity contribution is 6.05. The van der Waals surface area contributed by atoms with Crippen LogP contribution in [0.3, 0.4) is 0 Å². The molecule has 0 saturated carbocycles. The van der Waals surface area contributed by atoms with E-state index in [1.54, 1.807) is 17.9 Å². The molecule has 0 spiro atoms. The van der Waals surface area contributed by atoms with E-state index >= 15 is 0 Å². The normalized spacial score (nSPS) is 13.3. The summed E-state index contributed by atoms with van der Waals surface area (Å²) < 4.78 is 7.14. The lowest BCUT2D eigenvalue weighted by atomic mass is 10.0. The van der Waals surface area contributed by atoms with E-state index in [2.05, 4.69) is 5.32 Å². The van der Waals surface area contributed by atoms with Crippen molar-refractivity contribution in [3.8, 4) is 11.1 Å². The molecule has 0 saturated heterocycles. The SMILES string of the molecule is CC(=O)c1ccn2c3c(c(-c4ccccc4)c2c1)CN(CCCNC(=O)OC(C)(C)C)C3=O. The van der Waals surface area contributed by atoms with Gasteiger partial charge in [-0.25, -0.2) is 4.79 Å². The minimum Gasteiger partial charge on any atom is -0.444 e. The smallest absolute Gasteiger partial charge is 0.407 e. The Morgan fingerprint density at radius 1 is 1.12 bits per heavy atom. The molecule has 7 heteroatoms. The lowest BCUT2D eigenvalue weighted by molar-refractivity contribution is 0.0525. The zero-order valence-electron chi connectivity index (χ0n) is 19.5. The number of nitrogens with zero attached hydrogens (tertiary/aromatic N) is 2. The van der Waals surface area contributed by atoms with E-state index < -0.39 is 11.7 Å². The molecule has 2 amide bonds. The lowest BCUT2D eigenvalue weighted by Crippen LogP contribution is -2.34. The number of ether oxygens (including phenoxy) is 1. The Bertz CT molecular complexity index is 1220. The van der Waals surface area contributed by atoms with Crippen molar-refractivity contribution >= 4 is 23.3 Å². The third kappa shape index (κ3) is 4.62. The van der Waals surface area contributed by atoms with Gasteiger partial charge in [-0.15, -0.1) is 0 Å². The molecule has 0 bridgehead atoms. The summed E-state index contributed by atoms with van der Waals surface area (Å²) in [5, 5.41) is 2.74. The highest BCUT2D eigenvalue weighted by Gasteiger charge is 2.34. The predicted molar refractivity (Wildman–Crippen MR) is 126 cm³/mol. The first-order valence-corrected chi connectivity index (χ1v) is 11.1. The Kier molecular flexibility index (Phi) is 5.97. The number of aromatic nitrogens is 1. The van der Waals surface area contributed by atoms with Crippen molar-refractivity contribution in [2.24, 2.45) is 0 Å².